The molecule has 3 heterocycles. The van der Waals surface area contributed by atoms with Gasteiger partial charge in [0.15, 0.2) is 0 Å². The van der Waals surface area contributed by atoms with Crippen LogP contribution >= 0.6 is 0 Å². The van der Waals surface area contributed by atoms with Crippen molar-refractivity contribution in [3.63, 3.8) is 0 Å². The van der Waals surface area contributed by atoms with E-state index in [2.05, 4.69) is 4.90 Å². The number of hydrogen-bond donors (Lipinski definition) is 0. The minimum absolute atomic E-state index is 0.595. The second-order valence-electron chi connectivity index (χ2n) is 4.78. The van der Waals surface area contributed by atoms with Gasteiger partial charge in [0, 0.05) is 26.7 Å². The lowest BCUT2D eigenvalue weighted by atomic mass is 9.66. The lowest BCUT2D eigenvalue weighted by Gasteiger charge is -2.55. The van der Waals surface area contributed by atoms with E-state index in [4.69, 9.17) is 4.74 Å². The minimum atomic E-state index is 0.595. The molecular weight excluding hydrogens is 150 g/mol. The van der Waals surface area contributed by atoms with Crippen molar-refractivity contribution in [3.8, 4) is 0 Å². The van der Waals surface area contributed by atoms with E-state index in [1.165, 1.54) is 32.5 Å². The highest BCUT2D eigenvalue weighted by molar-refractivity contribution is 4.99. The lowest BCUT2D eigenvalue weighted by Crippen LogP contribution is -2.60. The Morgan fingerprint density at radius 3 is 2.25 bits per heavy atom. The standard InChI is InChI=1S/C10H17NO/c1-12-10-8-2-7-3-9(10)6-11(4-7)5-8/h7-10H,2-6H2,1H3/t7?,8-,9?,10?/m1/s1. The van der Waals surface area contributed by atoms with Crippen molar-refractivity contribution in [2.45, 2.75) is 18.9 Å². The number of methoxy groups -OCH3 is 1. The fourth-order valence-electron chi connectivity index (χ4n) is 3.75. The lowest BCUT2D eigenvalue weighted by molar-refractivity contribution is -0.125. The molecule has 1 saturated carbocycles. The molecule has 0 N–H and O–H groups in total. The van der Waals surface area contributed by atoms with Gasteiger partial charge in [-0.3, -0.25) is 0 Å². The summed E-state index contributed by atoms with van der Waals surface area (Å²) in [7, 11) is 1.89. The van der Waals surface area contributed by atoms with Gasteiger partial charge in [0.2, 0.25) is 0 Å². The van der Waals surface area contributed by atoms with Crippen LogP contribution in [0.2, 0.25) is 0 Å². The Kier molecular flexibility index (Phi) is 1.50. The van der Waals surface area contributed by atoms with E-state index >= 15 is 0 Å². The molecular formula is C10H17NO. The van der Waals surface area contributed by atoms with Crippen LogP contribution in [-0.4, -0.2) is 37.7 Å². The van der Waals surface area contributed by atoms with Gasteiger partial charge in [-0.2, -0.15) is 0 Å². The van der Waals surface area contributed by atoms with Crippen LogP contribution in [-0.2, 0) is 4.74 Å². The third-order valence-electron chi connectivity index (χ3n) is 3.98. The van der Waals surface area contributed by atoms with Crippen LogP contribution in [0.5, 0.6) is 0 Å². The van der Waals surface area contributed by atoms with Crippen LogP contribution in [0.1, 0.15) is 12.8 Å². The molecule has 68 valence electrons. The zero-order valence-corrected chi connectivity index (χ0v) is 7.70. The zero-order valence-electron chi connectivity index (χ0n) is 7.70. The van der Waals surface area contributed by atoms with Crippen LogP contribution in [0.4, 0.5) is 0 Å². The Bertz CT molecular complexity index is 164. The first-order chi connectivity index (χ1) is 5.86. The molecule has 3 saturated heterocycles. The van der Waals surface area contributed by atoms with Crippen molar-refractivity contribution in [2.24, 2.45) is 17.8 Å². The Morgan fingerprint density at radius 1 is 1.08 bits per heavy atom. The predicted octanol–water partition coefficient (Wildman–Crippen LogP) is 0.973. The fourth-order valence-corrected chi connectivity index (χ4v) is 3.75. The number of ether oxygens (including phenoxy) is 1. The summed E-state index contributed by atoms with van der Waals surface area (Å²) in [6.45, 7) is 4.00. The molecule has 0 aromatic rings. The predicted molar refractivity (Wildman–Crippen MR) is 46.9 cm³/mol. The van der Waals surface area contributed by atoms with E-state index in [0.29, 0.717) is 6.10 Å². The normalized spacial score (nSPS) is 56.2. The topological polar surface area (TPSA) is 12.5 Å². The van der Waals surface area contributed by atoms with Crippen molar-refractivity contribution < 1.29 is 4.74 Å². The van der Waals surface area contributed by atoms with E-state index in [9.17, 15) is 0 Å². The number of nitrogens with zero attached hydrogens (tertiary/aromatic N) is 1. The van der Waals surface area contributed by atoms with Gasteiger partial charge in [-0.25, -0.2) is 0 Å². The maximum atomic E-state index is 5.60. The SMILES string of the molecule is COC1C2CC3C[C@@H]1CN(C3)C2. The molecule has 1 aliphatic carbocycles. The summed E-state index contributed by atoms with van der Waals surface area (Å²) in [5.74, 6) is 2.73. The second-order valence-corrected chi connectivity index (χ2v) is 4.78. The van der Waals surface area contributed by atoms with Gasteiger partial charge in [-0.1, -0.05) is 0 Å². The summed E-state index contributed by atoms with van der Waals surface area (Å²) >= 11 is 0. The highest BCUT2D eigenvalue weighted by Crippen LogP contribution is 2.44. The summed E-state index contributed by atoms with van der Waals surface area (Å²) in [6, 6.07) is 0. The molecule has 3 aliphatic heterocycles. The van der Waals surface area contributed by atoms with Gasteiger partial charge in [0.1, 0.15) is 0 Å². The Hall–Kier alpha value is -0.0800. The third kappa shape index (κ3) is 0.882. The summed E-state index contributed by atoms with van der Waals surface area (Å²) in [6.07, 6.45) is 3.47. The summed E-state index contributed by atoms with van der Waals surface area (Å²) < 4.78 is 5.60. The molecule has 4 aliphatic rings. The number of piperidine rings is 3. The number of rotatable bonds is 1. The van der Waals surface area contributed by atoms with Crippen LogP contribution in [0.15, 0.2) is 0 Å². The van der Waals surface area contributed by atoms with Gasteiger partial charge < -0.3 is 9.64 Å². The van der Waals surface area contributed by atoms with E-state index in [0.717, 1.165) is 17.8 Å². The van der Waals surface area contributed by atoms with Gasteiger partial charge in [0.25, 0.3) is 0 Å². The van der Waals surface area contributed by atoms with Gasteiger partial charge in [-0.15, -0.1) is 0 Å². The van der Waals surface area contributed by atoms with Crippen LogP contribution in [0.25, 0.3) is 0 Å². The molecule has 5 atom stereocenters. The molecule has 0 amide bonds. The quantitative estimate of drug-likeness (QED) is 0.577. The maximum absolute atomic E-state index is 5.60. The van der Waals surface area contributed by atoms with Crippen molar-refractivity contribution in [2.75, 3.05) is 26.7 Å². The Labute approximate surface area is 73.9 Å². The zero-order chi connectivity index (χ0) is 8.13. The first-order valence-corrected chi connectivity index (χ1v) is 5.12. The van der Waals surface area contributed by atoms with E-state index < -0.39 is 0 Å². The highest BCUT2D eigenvalue weighted by Gasteiger charge is 2.47. The van der Waals surface area contributed by atoms with Gasteiger partial charge >= 0.3 is 0 Å². The molecule has 0 aromatic heterocycles. The van der Waals surface area contributed by atoms with E-state index in [-0.39, 0.29) is 0 Å². The molecule has 4 fully saturated rings. The molecule has 2 heteroatoms. The number of hydrogen-bond acceptors (Lipinski definition) is 2. The average Bonchev–Trinajstić information content (AvgIpc) is 2.02. The molecule has 4 unspecified atom stereocenters. The monoisotopic (exact) mass is 167 g/mol. The highest BCUT2D eigenvalue weighted by atomic mass is 16.5. The van der Waals surface area contributed by atoms with Crippen molar-refractivity contribution in [3.05, 3.63) is 0 Å². The fraction of sp³-hybridized carbons (Fsp3) is 1.00. The summed E-state index contributed by atoms with van der Waals surface area (Å²) in [5, 5.41) is 0. The molecule has 4 bridgehead atoms. The van der Waals surface area contributed by atoms with Crippen molar-refractivity contribution >= 4 is 0 Å². The molecule has 2 nitrogen and oxygen atoms in total. The Balaban J connectivity index is 1.86. The first kappa shape index (κ1) is 7.34. The smallest absolute Gasteiger partial charge is 0.0652 e. The molecule has 0 aromatic carbocycles. The molecule has 0 radical (unpaired) electrons. The van der Waals surface area contributed by atoms with Gasteiger partial charge in [0.05, 0.1) is 6.10 Å². The van der Waals surface area contributed by atoms with Crippen LogP contribution < -0.4 is 0 Å². The molecule has 4 rings (SSSR count). The minimum Gasteiger partial charge on any atom is -0.381 e. The average molecular weight is 167 g/mol. The maximum Gasteiger partial charge on any atom is 0.0652 e. The van der Waals surface area contributed by atoms with Crippen molar-refractivity contribution in [1.82, 2.24) is 4.90 Å². The largest absolute Gasteiger partial charge is 0.381 e. The van der Waals surface area contributed by atoms with E-state index in [1.807, 2.05) is 7.11 Å². The molecule has 12 heavy (non-hydrogen) atoms. The van der Waals surface area contributed by atoms with Crippen LogP contribution in [0.3, 0.4) is 0 Å². The molecule has 0 spiro atoms. The van der Waals surface area contributed by atoms with Gasteiger partial charge in [-0.05, 0) is 30.6 Å². The van der Waals surface area contributed by atoms with Crippen molar-refractivity contribution in [1.29, 1.82) is 0 Å². The summed E-state index contributed by atoms with van der Waals surface area (Å²) in [5.41, 5.74) is 0. The second kappa shape index (κ2) is 2.46. The third-order valence-corrected chi connectivity index (χ3v) is 3.98. The summed E-state index contributed by atoms with van der Waals surface area (Å²) in [4.78, 5) is 2.64. The first-order valence-electron chi connectivity index (χ1n) is 5.12. The van der Waals surface area contributed by atoms with E-state index in [1.54, 1.807) is 0 Å². The van der Waals surface area contributed by atoms with Crippen LogP contribution in [0, 0.1) is 17.8 Å². The Morgan fingerprint density at radius 2 is 1.75 bits per heavy atom.